The fourth-order valence-corrected chi connectivity index (χ4v) is 5.08. The van der Waals surface area contributed by atoms with Gasteiger partial charge in [-0.3, -0.25) is 14.7 Å². The van der Waals surface area contributed by atoms with Crippen LogP contribution in [0.2, 0.25) is 0 Å². The second-order valence-electron chi connectivity index (χ2n) is 9.65. The molecular formula is C28H35N3O2. The Labute approximate surface area is 197 Å². The van der Waals surface area contributed by atoms with E-state index >= 15 is 0 Å². The molecule has 1 aromatic carbocycles. The van der Waals surface area contributed by atoms with E-state index in [9.17, 15) is 9.90 Å². The summed E-state index contributed by atoms with van der Waals surface area (Å²) in [5, 5.41) is 10.2. The second-order valence-corrected chi connectivity index (χ2v) is 9.65. The van der Waals surface area contributed by atoms with Crippen LogP contribution < -0.4 is 0 Å². The van der Waals surface area contributed by atoms with Crippen molar-refractivity contribution in [2.75, 3.05) is 26.2 Å². The van der Waals surface area contributed by atoms with Gasteiger partial charge < -0.3 is 10.0 Å². The molecule has 2 saturated heterocycles. The second kappa shape index (κ2) is 11.0. The number of carbonyl (C=O) groups excluding carboxylic acids is 1. The third kappa shape index (κ3) is 5.63. The van der Waals surface area contributed by atoms with E-state index < -0.39 is 0 Å². The molecule has 3 heterocycles. The number of hydrogen-bond acceptors (Lipinski definition) is 4. The quantitative estimate of drug-likeness (QED) is 0.716. The molecular weight excluding hydrogens is 410 g/mol. The molecule has 5 nitrogen and oxygen atoms in total. The van der Waals surface area contributed by atoms with Crippen LogP contribution >= 0.6 is 0 Å². The Hall–Kier alpha value is -2.68. The zero-order valence-electron chi connectivity index (χ0n) is 19.8. The average molecular weight is 446 g/mol. The van der Waals surface area contributed by atoms with Gasteiger partial charge in [0.25, 0.3) is 0 Å². The lowest BCUT2D eigenvalue weighted by molar-refractivity contribution is -0.135. The molecule has 3 atom stereocenters. The van der Waals surface area contributed by atoms with Crippen LogP contribution in [-0.4, -0.2) is 64.1 Å². The number of aliphatic hydroxyl groups excluding tert-OH is 1. The van der Waals surface area contributed by atoms with Gasteiger partial charge in [0.1, 0.15) is 0 Å². The molecule has 2 aromatic rings. The highest BCUT2D eigenvalue weighted by Gasteiger charge is 2.49. The summed E-state index contributed by atoms with van der Waals surface area (Å²) in [7, 11) is 0. The molecule has 0 radical (unpaired) electrons. The highest BCUT2D eigenvalue weighted by Crippen LogP contribution is 2.42. The summed E-state index contributed by atoms with van der Waals surface area (Å²) in [5.74, 6) is 7.43. The van der Waals surface area contributed by atoms with Crippen LogP contribution in [-0.2, 0) is 11.2 Å². The average Bonchev–Trinajstić information content (AvgIpc) is 2.79. The van der Waals surface area contributed by atoms with Gasteiger partial charge >= 0.3 is 0 Å². The van der Waals surface area contributed by atoms with Crippen molar-refractivity contribution in [3.05, 3.63) is 65.5 Å². The molecule has 174 valence electrons. The first kappa shape index (κ1) is 23.5. The number of hydrogen-bond donors (Lipinski definition) is 1. The highest BCUT2D eigenvalue weighted by atomic mass is 16.3. The lowest BCUT2D eigenvalue weighted by Gasteiger charge is -2.57. The minimum atomic E-state index is 0.110. The number of rotatable bonds is 5. The minimum absolute atomic E-state index is 0.110. The third-order valence-corrected chi connectivity index (χ3v) is 6.82. The molecule has 5 heteroatoms. The molecule has 2 fully saturated rings. The van der Waals surface area contributed by atoms with E-state index in [-0.39, 0.29) is 30.5 Å². The topological polar surface area (TPSA) is 56.7 Å². The molecule has 2 aliphatic rings. The Bertz CT molecular complexity index is 978. The molecule has 0 bridgehead atoms. The largest absolute Gasteiger partial charge is 0.395 e. The summed E-state index contributed by atoms with van der Waals surface area (Å²) in [5.41, 5.74) is 3.07. The SMILES string of the molecule is CC(C)CC#Cc1ccc([C@@H]2[C@@H](CO)N3CCCCN(C(=O)Cc4ccccn4)C[C@@H]23)cc1. The molecule has 0 aliphatic carbocycles. The first-order valence-electron chi connectivity index (χ1n) is 12.2. The van der Waals surface area contributed by atoms with E-state index in [0.29, 0.717) is 18.9 Å². The minimum Gasteiger partial charge on any atom is -0.395 e. The fraction of sp³-hybridized carbons (Fsp3) is 0.500. The molecule has 1 amide bonds. The van der Waals surface area contributed by atoms with Crippen LogP contribution in [0.5, 0.6) is 0 Å². The van der Waals surface area contributed by atoms with E-state index in [1.165, 1.54) is 5.56 Å². The predicted octanol–water partition coefficient (Wildman–Crippen LogP) is 3.47. The van der Waals surface area contributed by atoms with E-state index in [1.807, 2.05) is 23.1 Å². The number of aromatic nitrogens is 1. The van der Waals surface area contributed by atoms with Gasteiger partial charge in [0.05, 0.1) is 13.0 Å². The van der Waals surface area contributed by atoms with Gasteiger partial charge in [0, 0.05) is 55.0 Å². The van der Waals surface area contributed by atoms with Crippen LogP contribution in [0.3, 0.4) is 0 Å². The number of benzene rings is 1. The standard InChI is InChI=1S/C28H35N3O2/c1-21(2)8-7-9-22-11-13-23(14-12-22)28-25-19-30(16-5-6-17-31(25)26(28)20-32)27(33)18-24-10-3-4-15-29-24/h3-4,10-15,21,25-26,28,32H,5-6,8,16-20H2,1-2H3/t25-,26+,28-/m0/s1. The van der Waals surface area contributed by atoms with Crippen LogP contribution in [0.15, 0.2) is 48.7 Å². The normalized spacial score (nSPS) is 23.0. The van der Waals surface area contributed by atoms with Crippen molar-refractivity contribution in [3.8, 4) is 11.8 Å². The van der Waals surface area contributed by atoms with Crippen molar-refractivity contribution in [1.82, 2.24) is 14.8 Å². The number of fused-ring (bicyclic) bond motifs is 1. The Morgan fingerprint density at radius 3 is 2.64 bits per heavy atom. The van der Waals surface area contributed by atoms with Gasteiger partial charge in [-0.2, -0.15) is 0 Å². The van der Waals surface area contributed by atoms with Crippen molar-refractivity contribution < 1.29 is 9.90 Å². The maximum Gasteiger partial charge on any atom is 0.228 e. The Kier molecular flexibility index (Phi) is 7.80. The summed E-state index contributed by atoms with van der Waals surface area (Å²) in [6.07, 6.45) is 5.01. The summed E-state index contributed by atoms with van der Waals surface area (Å²) in [4.78, 5) is 21.8. The van der Waals surface area contributed by atoms with E-state index in [4.69, 9.17) is 0 Å². The zero-order valence-corrected chi connectivity index (χ0v) is 19.8. The first-order chi connectivity index (χ1) is 16.1. The maximum atomic E-state index is 13.1. The molecule has 2 aliphatic heterocycles. The van der Waals surface area contributed by atoms with E-state index in [1.54, 1.807) is 6.20 Å². The Balaban J connectivity index is 1.49. The molecule has 0 saturated carbocycles. The predicted molar refractivity (Wildman–Crippen MR) is 131 cm³/mol. The number of amides is 1. The maximum absolute atomic E-state index is 13.1. The Morgan fingerprint density at radius 1 is 1.15 bits per heavy atom. The lowest BCUT2D eigenvalue weighted by atomic mass is 9.74. The Morgan fingerprint density at radius 2 is 1.94 bits per heavy atom. The van der Waals surface area contributed by atoms with Gasteiger partial charge in [0.15, 0.2) is 0 Å². The van der Waals surface area contributed by atoms with Gasteiger partial charge in [-0.05, 0) is 55.1 Å². The number of nitrogens with zero attached hydrogens (tertiary/aromatic N) is 3. The van der Waals surface area contributed by atoms with Crippen molar-refractivity contribution in [3.63, 3.8) is 0 Å². The molecule has 33 heavy (non-hydrogen) atoms. The van der Waals surface area contributed by atoms with Crippen LogP contribution in [0.4, 0.5) is 0 Å². The van der Waals surface area contributed by atoms with Crippen molar-refractivity contribution in [2.24, 2.45) is 5.92 Å². The van der Waals surface area contributed by atoms with Crippen LogP contribution in [0.1, 0.15) is 55.8 Å². The van der Waals surface area contributed by atoms with Crippen molar-refractivity contribution in [1.29, 1.82) is 0 Å². The van der Waals surface area contributed by atoms with Crippen LogP contribution in [0, 0.1) is 17.8 Å². The van der Waals surface area contributed by atoms with Crippen molar-refractivity contribution in [2.45, 2.75) is 57.5 Å². The monoisotopic (exact) mass is 445 g/mol. The van der Waals surface area contributed by atoms with Crippen LogP contribution in [0.25, 0.3) is 0 Å². The molecule has 1 aromatic heterocycles. The van der Waals surface area contributed by atoms with Gasteiger partial charge in [-0.15, -0.1) is 0 Å². The van der Waals surface area contributed by atoms with E-state index in [0.717, 1.165) is 43.6 Å². The van der Waals surface area contributed by atoms with Gasteiger partial charge in [0.2, 0.25) is 5.91 Å². The lowest BCUT2D eigenvalue weighted by Crippen LogP contribution is -2.68. The van der Waals surface area contributed by atoms with Gasteiger partial charge in [-0.25, -0.2) is 0 Å². The zero-order chi connectivity index (χ0) is 23.2. The molecule has 1 N–H and O–H groups in total. The highest BCUT2D eigenvalue weighted by molar-refractivity contribution is 5.78. The molecule has 4 rings (SSSR count). The summed E-state index contributed by atoms with van der Waals surface area (Å²) >= 11 is 0. The fourth-order valence-electron chi connectivity index (χ4n) is 5.08. The number of carbonyl (C=O) groups is 1. The smallest absolute Gasteiger partial charge is 0.228 e. The number of aliphatic hydroxyl groups is 1. The van der Waals surface area contributed by atoms with Crippen molar-refractivity contribution >= 4 is 5.91 Å². The summed E-state index contributed by atoms with van der Waals surface area (Å²) < 4.78 is 0. The summed E-state index contributed by atoms with van der Waals surface area (Å²) in [6.45, 7) is 6.95. The molecule has 0 unspecified atom stereocenters. The third-order valence-electron chi connectivity index (χ3n) is 6.82. The first-order valence-corrected chi connectivity index (χ1v) is 12.2. The number of pyridine rings is 1. The van der Waals surface area contributed by atoms with E-state index in [2.05, 4.69) is 59.8 Å². The molecule has 0 spiro atoms. The van der Waals surface area contributed by atoms with Gasteiger partial charge in [-0.1, -0.05) is 43.9 Å². The summed E-state index contributed by atoms with van der Waals surface area (Å²) in [6, 6.07) is 14.5.